The number of ether oxygens (including phenoxy) is 1. The highest BCUT2D eigenvalue weighted by Crippen LogP contribution is 2.36. The second-order valence-corrected chi connectivity index (χ2v) is 10.8. The zero-order valence-electron chi connectivity index (χ0n) is 19.3. The number of nitrogens with zero attached hydrogens (tertiary/aromatic N) is 3. The minimum atomic E-state index is -3.89. The number of piperidine rings is 1. The van der Waals surface area contributed by atoms with Crippen molar-refractivity contribution in [3.8, 4) is 5.75 Å². The van der Waals surface area contributed by atoms with Crippen LogP contribution in [0, 0.1) is 23.0 Å². The van der Waals surface area contributed by atoms with Gasteiger partial charge in [0.2, 0.25) is 15.9 Å². The van der Waals surface area contributed by atoms with Gasteiger partial charge in [0.05, 0.1) is 23.0 Å². The van der Waals surface area contributed by atoms with Crippen LogP contribution >= 0.6 is 0 Å². The van der Waals surface area contributed by atoms with Crippen molar-refractivity contribution in [2.24, 2.45) is 5.92 Å². The van der Waals surface area contributed by atoms with Gasteiger partial charge in [-0.2, -0.15) is 4.31 Å². The van der Waals surface area contributed by atoms with E-state index in [1.165, 1.54) is 16.4 Å². The Hall–Kier alpha value is -2.98. The van der Waals surface area contributed by atoms with Crippen molar-refractivity contribution in [1.82, 2.24) is 9.21 Å². The van der Waals surface area contributed by atoms with E-state index in [0.717, 1.165) is 30.2 Å². The summed E-state index contributed by atoms with van der Waals surface area (Å²) in [6.07, 6.45) is 2.66. The van der Waals surface area contributed by atoms with E-state index < -0.39 is 14.9 Å². The molecule has 0 N–H and O–H groups in total. The summed E-state index contributed by atoms with van der Waals surface area (Å²) in [5, 5.41) is 11.1. The normalized spacial score (nSPS) is 19.8. The third kappa shape index (κ3) is 4.65. The Balaban J connectivity index is 1.46. The van der Waals surface area contributed by atoms with E-state index in [4.69, 9.17) is 4.74 Å². The molecule has 4 rings (SSSR count). The van der Waals surface area contributed by atoms with Gasteiger partial charge < -0.3 is 9.64 Å². The summed E-state index contributed by atoms with van der Waals surface area (Å²) in [5.74, 6) is 0.574. The van der Waals surface area contributed by atoms with Gasteiger partial charge in [0.1, 0.15) is 5.75 Å². The third-order valence-electron chi connectivity index (χ3n) is 6.82. The van der Waals surface area contributed by atoms with Crippen LogP contribution in [0.15, 0.2) is 47.4 Å². The van der Waals surface area contributed by atoms with Gasteiger partial charge in [-0.05, 0) is 55.9 Å². The number of nitro benzene ring substituents is 1. The van der Waals surface area contributed by atoms with Gasteiger partial charge in [-0.1, -0.05) is 18.2 Å². The molecule has 0 bridgehead atoms. The molecule has 0 aliphatic carbocycles. The Morgan fingerprint density at radius 1 is 1.09 bits per heavy atom. The lowest BCUT2D eigenvalue weighted by molar-refractivity contribution is -0.385. The quantitative estimate of drug-likeness (QED) is 0.454. The van der Waals surface area contributed by atoms with Crippen LogP contribution in [-0.4, -0.2) is 55.2 Å². The molecule has 34 heavy (non-hydrogen) atoms. The fourth-order valence-corrected chi connectivity index (χ4v) is 6.64. The van der Waals surface area contributed by atoms with E-state index in [0.29, 0.717) is 24.9 Å². The van der Waals surface area contributed by atoms with Gasteiger partial charge in [0.25, 0.3) is 5.69 Å². The predicted octanol–water partition coefficient (Wildman–Crippen LogP) is 3.68. The topological polar surface area (TPSA) is 110 Å². The molecule has 182 valence electrons. The van der Waals surface area contributed by atoms with Crippen LogP contribution in [0.3, 0.4) is 0 Å². The first-order chi connectivity index (χ1) is 16.2. The van der Waals surface area contributed by atoms with E-state index in [-0.39, 0.29) is 41.5 Å². The Kier molecular flexibility index (Phi) is 6.90. The molecule has 0 unspecified atom stereocenters. The van der Waals surface area contributed by atoms with Crippen molar-refractivity contribution in [2.75, 3.05) is 26.7 Å². The molecule has 1 atom stereocenters. The Labute approximate surface area is 199 Å². The van der Waals surface area contributed by atoms with E-state index in [2.05, 4.69) is 0 Å². The van der Waals surface area contributed by atoms with Crippen LogP contribution in [-0.2, 0) is 14.8 Å². The fourth-order valence-electron chi connectivity index (χ4n) is 4.92. The molecule has 2 aromatic rings. The summed E-state index contributed by atoms with van der Waals surface area (Å²) in [7, 11) is -2.27. The molecule has 0 spiro atoms. The molecule has 10 heteroatoms. The van der Waals surface area contributed by atoms with Crippen LogP contribution in [0.5, 0.6) is 5.75 Å². The van der Waals surface area contributed by atoms with Crippen molar-refractivity contribution in [3.05, 3.63) is 63.7 Å². The molecule has 2 heterocycles. The SMILES string of the molecule is COc1cccc([C@@H]2CCCN2C(=O)C2CCN(S(=O)(=O)c3cc([N+](=O)[O-])ccc3C)CC2)c1. The molecular formula is C24H29N3O6S. The zero-order valence-corrected chi connectivity index (χ0v) is 20.2. The van der Waals surface area contributed by atoms with Gasteiger partial charge in [-0.3, -0.25) is 14.9 Å². The van der Waals surface area contributed by atoms with Crippen molar-refractivity contribution < 1.29 is 22.9 Å². The maximum atomic E-state index is 13.4. The number of rotatable bonds is 6. The maximum absolute atomic E-state index is 13.4. The van der Waals surface area contributed by atoms with E-state index >= 15 is 0 Å². The monoisotopic (exact) mass is 487 g/mol. The molecule has 2 aliphatic heterocycles. The number of nitro groups is 1. The van der Waals surface area contributed by atoms with Crippen LogP contribution in [0.2, 0.25) is 0 Å². The summed E-state index contributed by atoms with van der Waals surface area (Å²) in [6.45, 7) is 2.72. The summed E-state index contributed by atoms with van der Waals surface area (Å²) in [6, 6.07) is 11.6. The van der Waals surface area contributed by atoms with Crippen LogP contribution in [0.4, 0.5) is 5.69 Å². The van der Waals surface area contributed by atoms with Crippen LogP contribution in [0.25, 0.3) is 0 Å². The second-order valence-electron chi connectivity index (χ2n) is 8.85. The average molecular weight is 488 g/mol. The molecule has 9 nitrogen and oxygen atoms in total. The smallest absolute Gasteiger partial charge is 0.270 e. The van der Waals surface area contributed by atoms with Crippen molar-refractivity contribution >= 4 is 21.6 Å². The first-order valence-corrected chi connectivity index (χ1v) is 12.9. The predicted molar refractivity (Wildman–Crippen MR) is 126 cm³/mol. The molecule has 0 saturated carbocycles. The fraction of sp³-hybridized carbons (Fsp3) is 0.458. The van der Waals surface area contributed by atoms with Crippen molar-refractivity contribution in [1.29, 1.82) is 0 Å². The lowest BCUT2D eigenvalue weighted by Crippen LogP contribution is -2.44. The number of amides is 1. The standard InChI is InChI=1S/C24H29N3O6S/c1-17-8-9-20(27(29)30)16-23(17)34(31,32)25-13-10-18(11-14-25)24(28)26-12-4-7-22(26)19-5-3-6-21(15-19)33-2/h3,5-6,8-9,15-16,18,22H,4,7,10-14H2,1-2H3/t22-/m0/s1. The van der Waals surface area contributed by atoms with Crippen LogP contribution < -0.4 is 4.74 Å². The molecule has 2 aliphatic rings. The number of likely N-dealkylation sites (tertiary alicyclic amines) is 1. The summed E-state index contributed by atoms with van der Waals surface area (Å²) >= 11 is 0. The second kappa shape index (κ2) is 9.71. The van der Waals surface area contributed by atoms with Gasteiger partial charge >= 0.3 is 0 Å². The van der Waals surface area contributed by atoms with Gasteiger partial charge in [0, 0.05) is 37.7 Å². The van der Waals surface area contributed by atoms with Gasteiger partial charge in [-0.25, -0.2) is 8.42 Å². The zero-order chi connectivity index (χ0) is 24.5. The van der Waals surface area contributed by atoms with Gasteiger partial charge in [0.15, 0.2) is 0 Å². The summed E-state index contributed by atoms with van der Waals surface area (Å²) in [5.41, 5.74) is 1.25. The lowest BCUT2D eigenvalue weighted by atomic mass is 9.95. The number of hydrogen-bond donors (Lipinski definition) is 0. The maximum Gasteiger partial charge on any atom is 0.270 e. The van der Waals surface area contributed by atoms with E-state index in [1.807, 2.05) is 29.2 Å². The summed E-state index contributed by atoms with van der Waals surface area (Å²) in [4.78, 5) is 25.8. The third-order valence-corrected chi connectivity index (χ3v) is 8.86. The number of aryl methyl sites for hydroxylation is 1. The number of carbonyl (C=O) groups excluding carboxylic acids is 1. The molecule has 1 amide bonds. The number of hydrogen-bond acceptors (Lipinski definition) is 6. The largest absolute Gasteiger partial charge is 0.497 e. The highest BCUT2D eigenvalue weighted by atomic mass is 32.2. The summed E-state index contributed by atoms with van der Waals surface area (Å²) < 4.78 is 33.1. The highest BCUT2D eigenvalue weighted by Gasteiger charge is 2.38. The lowest BCUT2D eigenvalue weighted by Gasteiger charge is -2.34. The first kappa shape index (κ1) is 24.2. The van der Waals surface area contributed by atoms with Gasteiger partial charge in [-0.15, -0.1) is 0 Å². The highest BCUT2D eigenvalue weighted by molar-refractivity contribution is 7.89. The van der Waals surface area contributed by atoms with Crippen molar-refractivity contribution in [2.45, 2.75) is 43.5 Å². The minimum absolute atomic E-state index is 0.00289. The molecule has 0 radical (unpaired) electrons. The first-order valence-electron chi connectivity index (χ1n) is 11.4. The molecule has 2 saturated heterocycles. The Bertz CT molecular complexity index is 1190. The number of benzene rings is 2. The number of sulfonamides is 1. The minimum Gasteiger partial charge on any atom is -0.497 e. The molecule has 0 aromatic heterocycles. The number of methoxy groups -OCH3 is 1. The number of carbonyl (C=O) groups is 1. The average Bonchev–Trinajstić information content (AvgIpc) is 3.33. The molecular weight excluding hydrogens is 458 g/mol. The Morgan fingerprint density at radius 2 is 1.82 bits per heavy atom. The van der Waals surface area contributed by atoms with Crippen LogP contribution in [0.1, 0.15) is 42.9 Å². The number of non-ortho nitro benzene ring substituents is 1. The molecule has 2 fully saturated rings. The van der Waals surface area contributed by atoms with Crippen molar-refractivity contribution in [3.63, 3.8) is 0 Å². The Morgan fingerprint density at radius 3 is 2.50 bits per heavy atom. The van der Waals surface area contributed by atoms with E-state index in [9.17, 15) is 23.3 Å². The van der Waals surface area contributed by atoms with E-state index in [1.54, 1.807) is 14.0 Å². The molecule has 2 aromatic carbocycles.